The Morgan fingerprint density at radius 2 is 1.85 bits per heavy atom. The van der Waals surface area contributed by atoms with Crippen molar-refractivity contribution in [2.24, 2.45) is 0 Å². The van der Waals surface area contributed by atoms with Crippen molar-refractivity contribution in [3.63, 3.8) is 0 Å². The summed E-state index contributed by atoms with van der Waals surface area (Å²) in [6.45, 7) is 7.29. The van der Waals surface area contributed by atoms with Crippen molar-refractivity contribution in [2.45, 2.75) is 33.6 Å². The summed E-state index contributed by atoms with van der Waals surface area (Å²) < 4.78 is 0. The average molecular weight is 270 g/mol. The van der Waals surface area contributed by atoms with Crippen molar-refractivity contribution >= 4 is 17.5 Å². The average Bonchev–Trinajstić information content (AvgIpc) is 2.38. The quantitative estimate of drug-likeness (QED) is 0.777. The van der Waals surface area contributed by atoms with Crippen LogP contribution in [0.2, 0.25) is 0 Å². The fourth-order valence-corrected chi connectivity index (χ4v) is 2.09. The predicted molar refractivity (Wildman–Crippen MR) is 84.6 cm³/mol. The maximum absolute atomic E-state index is 4.47. The van der Waals surface area contributed by atoms with Crippen molar-refractivity contribution in [2.75, 3.05) is 17.2 Å². The number of aromatic nitrogens is 2. The molecule has 0 amide bonds. The molecule has 0 bridgehead atoms. The summed E-state index contributed by atoms with van der Waals surface area (Å²) in [5.41, 5.74) is 3.47. The number of nitrogens with one attached hydrogen (secondary N) is 2. The summed E-state index contributed by atoms with van der Waals surface area (Å²) in [5.74, 6) is 1.48. The zero-order valence-corrected chi connectivity index (χ0v) is 12.4. The monoisotopic (exact) mass is 270 g/mol. The summed E-state index contributed by atoms with van der Waals surface area (Å²) in [4.78, 5) is 8.73. The number of unbranched alkanes of at least 4 members (excludes halogenated alkanes) is 1. The molecule has 0 saturated carbocycles. The first-order valence-electron chi connectivity index (χ1n) is 7.09. The number of hydrogen-bond donors (Lipinski definition) is 2. The van der Waals surface area contributed by atoms with Gasteiger partial charge in [0.25, 0.3) is 0 Å². The molecule has 0 unspecified atom stereocenters. The Labute approximate surface area is 120 Å². The first-order chi connectivity index (χ1) is 9.67. The standard InChI is InChI=1S/C16H22N4/c1-4-5-7-17-15-6-8-18-16(20-15)19-14-10-12(2)9-13(3)11-14/h6,8-11H,4-5,7H2,1-3H3,(H2,17,18,19,20). The van der Waals surface area contributed by atoms with Crippen molar-refractivity contribution in [3.05, 3.63) is 41.6 Å². The molecule has 0 aliphatic carbocycles. The third kappa shape index (κ3) is 4.23. The van der Waals surface area contributed by atoms with Crippen molar-refractivity contribution < 1.29 is 0 Å². The van der Waals surface area contributed by atoms with E-state index in [4.69, 9.17) is 0 Å². The third-order valence-electron chi connectivity index (χ3n) is 2.97. The van der Waals surface area contributed by atoms with Crippen molar-refractivity contribution in [3.8, 4) is 0 Å². The van der Waals surface area contributed by atoms with Crippen LogP contribution in [0.4, 0.5) is 17.5 Å². The van der Waals surface area contributed by atoms with Gasteiger partial charge in [0.15, 0.2) is 0 Å². The van der Waals surface area contributed by atoms with Crippen LogP contribution in [0.3, 0.4) is 0 Å². The minimum absolute atomic E-state index is 0.622. The zero-order valence-electron chi connectivity index (χ0n) is 12.4. The lowest BCUT2D eigenvalue weighted by Gasteiger charge is -2.09. The van der Waals surface area contributed by atoms with Gasteiger partial charge < -0.3 is 10.6 Å². The molecule has 1 heterocycles. The Hall–Kier alpha value is -2.10. The molecular weight excluding hydrogens is 248 g/mol. The SMILES string of the molecule is CCCCNc1ccnc(Nc2cc(C)cc(C)c2)n1. The van der Waals surface area contributed by atoms with Gasteiger partial charge in [-0.2, -0.15) is 4.98 Å². The van der Waals surface area contributed by atoms with Gasteiger partial charge in [-0.1, -0.05) is 19.4 Å². The molecule has 1 aromatic heterocycles. The fourth-order valence-electron chi connectivity index (χ4n) is 2.09. The summed E-state index contributed by atoms with van der Waals surface area (Å²) in [6, 6.07) is 8.22. The number of aryl methyl sites for hydroxylation is 2. The van der Waals surface area contributed by atoms with E-state index >= 15 is 0 Å². The van der Waals surface area contributed by atoms with Gasteiger partial charge in [-0.15, -0.1) is 0 Å². The van der Waals surface area contributed by atoms with E-state index in [1.54, 1.807) is 6.20 Å². The lowest BCUT2D eigenvalue weighted by atomic mass is 10.1. The third-order valence-corrected chi connectivity index (χ3v) is 2.97. The van der Waals surface area contributed by atoms with Crippen LogP contribution < -0.4 is 10.6 Å². The highest BCUT2D eigenvalue weighted by Gasteiger charge is 2.01. The lowest BCUT2D eigenvalue weighted by Crippen LogP contribution is -2.05. The van der Waals surface area contributed by atoms with Gasteiger partial charge in [0.05, 0.1) is 0 Å². The van der Waals surface area contributed by atoms with Crippen LogP contribution in [-0.2, 0) is 0 Å². The minimum Gasteiger partial charge on any atom is -0.370 e. The molecule has 0 atom stereocenters. The molecule has 2 N–H and O–H groups in total. The van der Waals surface area contributed by atoms with Gasteiger partial charge in [-0.25, -0.2) is 4.98 Å². The number of nitrogens with zero attached hydrogens (tertiary/aromatic N) is 2. The number of benzene rings is 1. The van der Waals surface area contributed by atoms with E-state index in [9.17, 15) is 0 Å². The highest BCUT2D eigenvalue weighted by atomic mass is 15.1. The first kappa shape index (κ1) is 14.3. The van der Waals surface area contributed by atoms with E-state index in [0.29, 0.717) is 5.95 Å². The Balaban J connectivity index is 2.07. The van der Waals surface area contributed by atoms with Crippen LogP contribution in [-0.4, -0.2) is 16.5 Å². The molecule has 1 aromatic carbocycles. The molecule has 0 spiro atoms. The normalized spacial score (nSPS) is 10.3. The molecule has 0 fully saturated rings. The van der Waals surface area contributed by atoms with Crippen molar-refractivity contribution in [1.82, 2.24) is 9.97 Å². The van der Waals surface area contributed by atoms with Gasteiger partial charge in [0.1, 0.15) is 5.82 Å². The molecule has 0 aliphatic heterocycles. The highest BCUT2D eigenvalue weighted by Crippen LogP contribution is 2.17. The van der Waals surface area contributed by atoms with Gasteiger partial charge in [-0.3, -0.25) is 0 Å². The molecular formula is C16H22N4. The van der Waals surface area contributed by atoms with E-state index in [-0.39, 0.29) is 0 Å². The molecule has 0 radical (unpaired) electrons. The molecule has 20 heavy (non-hydrogen) atoms. The Bertz CT molecular complexity index is 546. The van der Waals surface area contributed by atoms with Crippen LogP contribution in [0.15, 0.2) is 30.5 Å². The topological polar surface area (TPSA) is 49.8 Å². The predicted octanol–water partition coefficient (Wildman–Crippen LogP) is 4.05. The molecule has 0 saturated heterocycles. The zero-order chi connectivity index (χ0) is 14.4. The molecule has 4 heteroatoms. The number of anilines is 3. The summed E-state index contributed by atoms with van der Waals surface area (Å²) in [6.07, 6.45) is 4.09. The van der Waals surface area contributed by atoms with Crippen LogP contribution in [0, 0.1) is 13.8 Å². The Kier molecular flexibility index (Phi) is 4.93. The van der Waals surface area contributed by atoms with Crippen molar-refractivity contribution in [1.29, 1.82) is 0 Å². The fraction of sp³-hybridized carbons (Fsp3) is 0.375. The van der Waals surface area contributed by atoms with Crippen LogP contribution in [0.1, 0.15) is 30.9 Å². The van der Waals surface area contributed by atoms with E-state index in [1.807, 2.05) is 6.07 Å². The van der Waals surface area contributed by atoms with E-state index in [1.165, 1.54) is 17.5 Å². The van der Waals surface area contributed by atoms with Crippen LogP contribution in [0.25, 0.3) is 0 Å². The van der Waals surface area contributed by atoms with Crippen LogP contribution in [0.5, 0.6) is 0 Å². The Morgan fingerprint density at radius 3 is 2.55 bits per heavy atom. The highest BCUT2D eigenvalue weighted by molar-refractivity contribution is 5.57. The summed E-state index contributed by atoms with van der Waals surface area (Å²) >= 11 is 0. The number of hydrogen-bond acceptors (Lipinski definition) is 4. The van der Waals surface area contributed by atoms with E-state index in [0.717, 1.165) is 24.5 Å². The van der Waals surface area contributed by atoms with E-state index < -0.39 is 0 Å². The van der Waals surface area contributed by atoms with Gasteiger partial charge in [0, 0.05) is 18.4 Å². The maximum Gasteiger partial charge on any atom is 0.229 e. The first-order valence-corrected chi connectivity index (χ1v) is 7.09. The smallest absolute Gasteiger partial charge is 0.229 e. The minimum atomic E-state index is 0.622. The molecule has 0 aliphatic rings. The molecule has 2 aromatic rings. The summed E-state index contributed by atoms with van der Waals surface area (Å²) in [7, 11) is 0. The lowest BCUT2D eigenvalue weighted by molar-refractivity contribution is 0.830. The van der Waals surface area contributed by atoms with Crippen LogP contribution >= 0.6 is 0 Å². The van der Waals surface area contributed by atoms with Gasteiger partial charge in [-0.05, 0) is 49.6 Å². The molecule has 4 nitrogen and oxygen atoms in total. The van der Waals surface area contributed by atoms with E-state index in [2.05, 4.69) is 59.6 Å². The molecule has 106 valence electrons. The Morgan fingerprint density at radius 1 is 1.10 bits per heavy atom. The number of rotatable bonds is 6. The summed E-state index contributed by atoms with van der Waals surface area (Å²) in [5, 5.41) is 6.56. The largest absolute Gasteiger partial charge is 0.370 e. The second-order valence-electron chi connectivity index (χ2n) is 5.05. The second kappa shape index (κ2) is 6.89. The maximum atomic E-state index is 4.47. The van der Waals surface area contributed by atoms with Gasteiger partial charge >= 0.3 is 0 Å². The molecule has 2 rings (SSSR count). The van der Waals surface area contributed by atoms with Gasteiger partial charge in [0.2, 0.25) is 5.95 Å². The second-order valence-corrected chi connectivity index (χ2v) is 5.05.